The van der Waals surface area contributed by atoms with Gasteiger partial charge in [-0.15, -0.1) is 0 Å². The van der Waals surface area contributed by atoms with Crippen molar-refractivity contribution in [2.45, 2.75) is 25.7 Å². The molecule has 6 nitrogen and oxygen atoms in total. The highest BCUT2D eigenvalue weighted by atomic mass is 19.1. The van der Waals surface area contributed by atoms with Crippen molar-refractivity contribution in [3.8, 4) is 0 Å². The van der Waals surface area contributed by atoms with Crippen molar-refractivity contribution in [1.29, 1.82) is 0 Å². The molecule has 0 saturated carbocycles. The largest absolute Gasteiger partial charge is 0.352 e. The molecule has 2 fully saturated rings. The third-order valence-corrected chi connectivity index (χ3v) is 4.93. The molecule has 7 heteroatoms. The van der Waals surface area contributed by atoms with Gasteiger partial charge in [-0.1, -0.05) is 0 Å². The Labute approximate surface area is 153 Å². The summed E-state index contributed by atoms with van der Waals surface area (Å²) in [4.78, 5) is 31.9. The average Bonchev–Trinajstić information content (AvgIpc) is 3.18. The Morgan fingerprint density at radius 3 is 2.73 bits per heavy atom. The molecule has 2 saturated heterocycles. The second-order valence-corrected chi connectivity index (χ2v) is 6.93. The molecule has 0 bridgehead atoms. The predicted octanol–water partition coefficient (Wildman–Crippen LogP) is 1.82. The first-order chi connectivity index (χ1) is 12.6. The van der Waals surface area contributed by atoms with Crippen LogP contribution in [0.2, 0.25) is 0 Å². The molecule has 1 N–H and O–H groups in total. The minimum absolute atomic E-state index is 0.148. The molecule has 1 atom stereocenters. The van der Waals surface area contributed by atoms with Gasteiger partial charge < -0.3 is 10.2 Å². The number of benzene rings is 1. The maximum absolute atomic E-state index is 12.9. The van der Waals surface area contributed by atoms with Crippen LogP contribution in [0.4, 0.5) is 4.39 Å². The molecule has 0 aliphatic carbocycles. The van der Waals surface area contributed by atoms with Gasteiger partial charge in [0.25, 0.3) is 5.91 Å². The molecular weight excluding hydrogens is 337 g/mol. The first-order valence-electron chi connectivity index (χ1n) is 9.31. The van der Waals surface area contributed by atoms with Crippen LogP contribution in [0.1, 0.15) is 36.0 Å². The smallest absolute Gasteiger partial charge is 0.251 e. The zero-order valence-electron chi connectivity index (χ0n) is 15.0. The first kappa shape index (κ1) is 18.8. The van der Waals surface area contributed by atoms with Crippen LogP contribution >= 0.6 is 0 Å². The zero-order valence-corrected chi connectivity index (χ0v) is 15.0. The fourth-order valence-corrected chi connectivity index (χ4v) is 3.45. The lowest BCUT2D eigenvalue weighted by atomic mass is 9.97. The van der Waals surface area contributed by atoms with Crippen molar-refractivity contribution >= 4 is 11.8 Å². The number of piperidine rings is 1. The van der Waals surface area contributed by atoms with Gasteiger partial charge in [-0.2, -0.15) is 5.06 Å². The van der Waals surface area contributed by atoms with E-state index in [1.165, 1.54) is 24.3 Å². The summed E-state index contributed by atoms with van der Waals surface area (Å²) in [6, 6.07) is 5.50. The van der Waals surface area contributed by atoms with Gasteiger partial charge in [0.05, 0.1) is 6.61 Å². The van der Waals surface area contributed by atoms with E-state index in [-0.39, 0.29) is 23.5 Å². The average molecular weight is 363 g/mol. The number of likely N-dealkylation sites (tertiary alicyclic amines) is 1. The van der Waals surface area contributed by atoms with Crippen LogP contribution < -0.4 is 5.32 Å². The fraction of sp³-hybridized carbons (Fsp3) is 0.579. The number of halogens is 1. The fourth-order valence-electron chi connectivity index (χ4n) is 3.45. The normalized spacial score (nSPS) is 21.0. The van der Waals surface area contributed by atoms with E-state index in [2.05, 4.69) is 5.32 Å². The Bertz CT molecular complexity index is 617. The van der Waals surface area contributed by atoms with E-state index in [1.807, 2.05) is 9.96 Å². The first-order valence-corrected chi connectivity index (χ1v) is 9.31. The minimum Gasteiger partial charge on any atom is -0.352 e. The molecule has 1 aromatic carbocycles. The highest BCUT2D eigenvalue weighted by Gasteiger charge is 2.25. The number of nitrogens with one attached hydrogen (secondary N) is 1. The second-order valence-electron chi connectivity index (χ2n) is 6.93. The topological polar surface area (TPSA) is 61.9 Å². The van der Waals surface area contributed by atoms with Gasteiger partial charge in [-0.3, -0.25) is 14.4 Å². The molecule has 2 aliphatic rings. The van der Waals surface area contributed by atoms with Crippen LogP contribution in [0.3, 0.4) is 0 Å². The number of hydroxylamine groups is 2. The Hall–Kier alpha value is -1.99. The SMILES string of the molecule is O=C(NC[C@@H]1CCCN(C(=O)CCN2CCCO2)C1)c1ccc(F)cc1. The van der Waals surface area contributed by atoms with E-state index >= 15 is 0 Å². The van der Waals surface area contributed by atoms with E-state index in [4.69, 9.17) is 4.84 Å². The number of hydrogen-bond acceptors (Lipinski definition) is 4. The van der Waals surface area contributed by atoms with Gasteiger partial charge >= 0.3 is 0 Å². The van der Waals surface area contributed by atoms with Crippen molar-refractivity contribution in [2.75, 3.05) is 39.3 Å². The van der Waals surface area contributed by atoms with Crippen LogP contribution in [-0.2, 0) is 9.63 Å². The van der Waals surface area contributed by atoms with Crippen LogP contribution in [-0.4, -0.2) is 61.1 Å². The third kappa shape index (κ3) is 5.25. The predicted molar refractivity (Wildman–Crippen MR) is 94.8 cm³/mol. The molecule has 142 valence electrons. The van der Waals surface area contributed by atoms with Gasteiger partial charge in [-0.25, -0.2) is 4.39 Å². The highest BCUT2D eigenvalue weighted by molar-refractivity contribution is 5.94. The molecule has 0 radical (unpaired) electrons. The lowest BCUT2D eigenvalue weighted by molar-refractivity contribution is -0.140. The van der Waals surface area contributed by atoms with Gasteiger partial charge in [0.2, 0.25) is 5.91 Å². The Morgan fingerprint density at radius 2 is 2.00 bits per heavy atom. The van der Waals surface area contributed by atoms with Crippen molar-refractivity contribution in [2.24, 2.45) is 5.92 Å². The van der Waals surface area contributed by atoms with Crippen LogP contribution in [0.25, 0.3) is 0 Å². The Kier molecular flexibility index (Phi) is 6.57. The molecule has 2 amide bonds. The standard InChI is InChI=1S/C19H26FN3O3/c20-17-6-4-16(5-7-17)19(25)21-13-15-3-1-9-22(14-15)18(24)8-11-23-10-2-12-26-23/h4-7,15H,1-3,8-14H2,(H,21,25)/t15-/m0/s1. The van der Waals surface area contributed by atoms with Gasteiger partial charge in [-0.05, 0) is 49.4 Å². The van der Waals surface area contributed by atoms with Gasteiger partial charge in [0, 0.05) is 44.7 Å². The number of amides is 2. The summed E-state index contributed by atoms with van der Waals surface area (Å²) in [5.74, 6) is -0.169. The maximum atomic E-state index is 12.9. The summed E-state index contributed by atoms with van der Waals surface area (Å²) in [6.45, 7) is 4.25. The summed E-state index contributed by atoms with van der Waals surface area (Å²) in [6.07, 6.45) is 3.42. The Balaban J connectivity index is 1.41. The van der Waals surface area contributed by atoms with E-state index in [9.17, 15) is 14.0 Å². The number of hydrogen-bond donors (Lipinski definition) is 1. The molecule has 0 unspecified atom stereocenters. The van der Waals surface area contributed by atoms with Crippen LogP contribution in [0, 0.1) is 11.7 Å². The molecule has 26 heavy (non-hydrogen) atoms. The van der Waals surface area contributed by atoms with Gasteiger partial charge in [0.1, 0.15) is 5.82 Å². The van der Waals surface area contributed by atoms with Crippen LogP contribution in [0.15, 0.2) is 24.3 Å². The molecule has 0 spiro atoms. The van der Waals surface area contributed by atoms with E-state index < -0.39 is 0 Å². The zero-order chi connectivity index (χ0) is 18.4. The molecular formula is C19H26FN3O3. The summed E-state index contributed by atoms with van der Waals surface area (Å²) in [5.41, 5.74) is 0.445. The Morgan fingerprint density at radius 1 is 1.19 bits per heavy atom. The van der Waals surface area contributed by atoms with Crippen molar-refractivity contribution in [3.05, 3.63) is 35.6 Å². The second kappa shape index (κ2) is 9.09. The third-order valence-electron chi connectivity index (χ3n) is 4.93. The van der Waals surface area contributed by atoms with E-state index in [0.29, 0.717) is 31.6 Å². The van der Waals surface area contributed by atoms with E-state index in [0.717, 1.165) is 39.0 Å². The lowest BCUT2D eigenvalue weighted by Crippen LogP contribution is -2.44. The summed E-state index contributed by atoms with van der Waals surface area (Å²) >= 11 is 0. The number of carbonyl (C=O) groups is 2. The van der Waals surface area contributed by atoms with Crippen LogP contribution in [0.5, 0.6) is 0 Å². The minimum atomic E-state index is -0.359. The molecule has 1 aromatic rings. The molecule has 2 aliphatic heterocycles. The summed E-state index contributed by atoms with van der Waals surface area (Å²) in [5, 5.41) is 4.76. The lowest BCUT2D eigenvalue weighted by Gasteiger charge is -2.33. The number of nitrogens with zero attached hydrogens (tertiary/aromatic N) is 2. The number of rotatable bonds is 6. The maximum Gasteiger partial charge on any atom is 0.251 e. The molecule has 0 aromatic heterocycles. The molecule has 3 rings (SSSR count). The highest BCUT2D eigenvalue weighted by Crippen LogP contribution is 2.17. The van der Waals surface area contributed by atoms with Crippen molar-refractivity contribution < 1.29 is 18.8 Å². The molecule has 2 heterocycles. The summed E-state index contributed by atoms with van der Waals surface area (Å²) < 4.78 is 12.9. The monoisotopic (exact) mass is 363 g/mol. The summed E-state index contributed by atoms with van der Waals surface area (Å²) in [7, 11) is 0. The van der Waals surface area contributed by atoms with Gasteiger partial charge in [0.15, 0.2) is 0 Å². The van der Waals surface area contributed by atoms with Crippen molar-refractivity contribution in [3.63, 3.8) is 0 Å². The quantitative estimate of drug-likeness (QED) is 0.838. The van der Waals surface area contributed by atoms with Crippen molar-refractivity contribution in [1.82, 2.24) is 15.3 Å². The van der Waals surface area contributed by atoms with E-state index in [1.54, 1.807) is 0 Å². The number of carbonyl (C=O) groups excluding carboxylic acids is 2.